The number of hydrogen-bond donors (Lipinski definition) is 1. The third-order valence-electron chi connectivity index (χ3n) is 5.03. The van der Waals surface area contributed by atoms with Crippen LogP contribution in [0.2, 0.25) is 0 Å². The van der Waals surface area contributed by atoms with E-state index in [-0.39, 0.29) is 33.5 Å². The van der Waals surface area contributed by atoms with Crippen LogP contribution < -0.4 is 4.90 Å². The molecule has 1 aliphatic heterocycles. The lowest BCUT2D eigenvalue weighted by Crippen LogP contribution is -2.31. The highest BCUT2D eigenvalue weighted by molar-refractivity contribution is 6.35. The lowest BCUT2D eigenvalue weighted by atomic mass is 10.0. The van der Waals surface area contributed by atoms with Crippen LogP contribution in [-0.4, -0.2) is 36.0 Å². The SMILES string of the molecule is COC(=O)c1ccc(-c2ccc(F)c(F)c2)cc1N1C(=O)c2ccc(C(=O)O)cc2C1=O. The van der Waals surface area contributed by atoms with Crippen molar-refractivity contribution in [3.05, 3.63) is 88.5 Å². The van der Waals surface area contributed by atoms with Gasteiger partial charge in [-0.3, -0.25) is 9.59 Å². The third-order valence-corrected chi connectivity index (χ3v) is 5.03. The fourth-order valence-electron chi connectivity index (χ4n) is 3.45. The standard InChI is InChI=1S/C23H13F2NO6/c1-32-23(31)15-6-2-12(11-4-7-17(24)18(25)9-11)10-19(15)26-20(27)14-5-3-13(22(29)30)8-16(14)21(26)28/h2-10H,1H3,(H,29,30). The largest absolute Gasteiger partial charge is 0.478 e. The van der Waals surface area contributed by atoms with E-state index in [1.165, 1.54) is 36.4 Å². The highest BCUT2D eigenvalue weighted by Crippen LogP contribution is 2.35. The Morgan fingerprint density at radius 2 is 1.50 bits per heavy atom. The zero-order chi connectivity index (χ0) is 23.2. The van der Waals surface area contributed by atoms with Crippen LogP contribution in [0, 0.1) is 11.6 Å². The second-order valence-corrected chi connectivity index (χ2v) is 6.86. The Hall–Kier alpha value is -4.40. The first-order valence-corrected chi connectivity index (χ1v) is 9.17. The van der Waals surface area contributed by atoms with Gasteiger partial charge in [0.05, 0.1) is 35.1 Å². The minimum absolute atomic E-state index is 0.0333. The molecule has 0 spiro atoms. The number of nitrogens with zero attached hydrogens (tertiary/aromatic N) is 1. The highest BCUT2D eigenvalue weighted by Gasteiger charge is 2.39. The first-order valence-electron chi connectivity index (χ1n) is 9.17. The van der Waals surface area contributed by atoms with Crippen LogP contribution in [-0.2, 0) is 4.74 Å². The minimum Gasteiger partial charge on any atom is -0.478 e. The van der Waals surface area contributed by atoms with Gasteiger partial charge in [-0.1, -0.05) is 12.1 Å². The van der Waals surface area contributed by atoms with E-state index in [9.17, 15) is 33.1 Å². The molecule has 2 amide bonds. The number of methoxy groups -OCH3 is 1. The molecule has 0 aliphatic carbocycles. The number of halogens is 2. The first kappa shape index (κ1) is 20.9. The molecule has 0 atom stereocenters. The number of rotatable bonds is 4. The molecule has 3 aromatic rings. The molecule has 0 saturated heterocycles. The van der Waals surface area contributed by atoms with Gasteiger partial charge in [-0.25, -0.2) is 23.3 Å². The predicted octanol–water partition coefficient (Wildman–Crippen LogP) is 3.92. The molecule has 160 valence electrons. The van der Waals surface area contributed by atoms with Crippen LogP contribution in [0.4, 0.5) is 14.5 Å². The topological polar surface area (TPSA) is 101 Å². The van der Waals surface area contributed by atoms with Crippen molar-refractivity contribution in [1.82, 2.24) is 0 Å². The number of benzene rings is 3. The van der Waals surface area contributed by atoms with E-state index in [0.29, 0.717) is 5.56 Å². The molecule has 0 bridgehead atoms. The van der Waals surface area contributed by atoms with E-state index < -0.39 is 35.4 Å². The quantitative estimate of drug-likeness (QED) is 0.491. The third kappa shape index (κ3) is 3.29. The van der Waals surface area contributed by atoms with Gasteiger partial charge in [0.2, 0.25) is 0 Å². The van der Waals surface area contributed by atoms with Crippen molar-refractivity contribution in [3.8, 4) is 11.1 Å². The maximum Gasteiger partial charge on any atom is 0.339 e. The molecule has 1 N–H and O–H groups in total. The average Bonchev–Trinajstić information content (AvgIpc) is 3.04. The van der Waals surface area contributed by atoms with Gasteiger partial charge in [0.25, 0.3) is 11.8 Å². The number of carbonyl (C=O) groups is 4. The van der Waals surface area contributed by atoms with Crippen molar-refractivity contribution >= 4 is 29.4 Å². The van der Waals surface area contributed by atoms with Gasteiger partial charge in [-0.15, -0.1) is 0 Å². The number of imide groups is 1. The van der Waals surface area contributed by atoms with Crippen molar-refractivity contribution in [2.45, 2.75) is 0 Å². The Morgan fingerprint density at radius 3 is 2.16 bits per heavy atom. The molecular formula is C23H13F2NO6. The summed E-state index contributed by atoms with van der Waals surface area (Å²) in [5.41, 5.74) is -0.0666. The van der Waals surface area contributed by atoms with E-state index >= 15 is 0 Å². The Bertz CT molecular complexity index is 1330. The summed E-state index contributed by atoms with van der Waals surface area (Å²) < 4.78 is 31.8. The number of carbonyl (C=O) groups excluding carboxylic acids is 3. The number of amides is 2. The van der Waals surface area contributed by atoms with Gasteiger partial charge in [0.1, 0.15) is 0 Å². The molecule has 1 aliphatic rings. The Balaban J connectivity index is 1.88. The molecule has 4 rings (SSSR count). The van der Waals surface area contributed by atoms with Crippen LogP contribution in [0.15, 0.2) is 54.6 Å². The fraction of sp³-hybridized carbons (Fsp3) is 0.0435. The number of anilines is 1. The maximum absolute atomic E-state index is 13.7. The molecule has 0 aromatic heterocycles. The van der Waals surface area contributed by atoms with Gasteiger partial charge in [-0.2, -0.15) is 0 Å². The number of fused-ring (bicyclic) bond motifs is 1. The summed E-state index contributed by atoms with van der Waals surface area (Å²) in [6.45, 7) is 0. The summed E-state index contributed by atoms with van der Waals surface area (Å²) in [6.07, 6.45) is 0. The molecule has 32 heavy (non-hydrogen) atoms. The zero-order valence-electron chi connectivity index (χ0n) is 16.4. The van der Waals surface area contributed by atoms with Gasteiger partial charge < -0.3 is 9.84 Å². The normalized spacial score (nSPS) is 12.7. The van der Waals surface area contributed by atoms with Crippen LogP contribution in [0.3, 0.4) is 0 Å². The molecule has 0 fully saturated rings. The molecule has 0 radical (unpaired) electrons. The fourth-order valence-corrected chi connectivity index (χ4v) is 3.45. The second kappa shape index (κ2) is 7.69. The van der Waals surface area contributed by atoms with E-state index in [1.54, 1.807) is 0 Å². The van der Waals surface area contributed by atoms with Crippen LogP contribution in [0.1, 0.15) is 41.4 Å². The van der Waals surface area contributed by atoms with Crippen LogP contribution >= 0.6 is 0 Å². The van der Waals surface area contributed by atoms with Crippen molar-refractivity contribution in [2.24, 2.45) is 0 Å². The summed E-state index contributed by atoms with van der Waals surface area (Å²) >= 11 is 0. The summed E-state index contributed by atoms with van der Waals surface area (Å²) in [7, 11) is 1.12. The first-order chi connectivity index (χ1) is 15.2. The number of hydrogen-bond acceptors (Lipinski definition) is 5. The number of esters is 1. The monoisotopic (exact) mass is 437 g/mol. The van der Waals surface area contributed by atoms with Gasteiger partial charge in [-0.05, 0) is 53.6 Å². The molecule has 0 unspecified atom stereocenters. The zero-order valence-corrected chi connectivity index (χ0v) is 16.4. The van der Waals surface area contributed by atoms with E-state index in [1.807, 2.05) is 0 Å². The maximum atomic E-state index is 13.7. The summed E-state index contributed by atoms with van der Waals surface area (Å²) in [6, 6.07) is 10.7. The Kier molecular flexibility index (Phi) is 5.01. The Labute approximate surface area is 179 Å². The number of carboxylic acid groups (broad SMARTS) is 1. The lowest BCUT2D eigenvalue weighted by molar-refractivity contribution is 0.0600. The van der Waals surface area contributed by atoms with Crippen molar-refractivity contribution < 1.29 is 37.8 Å². The van der Waals surface area contributed by atoms with E-state index in [0.717, 1.165) is 30.2 Å². The van der Waals surface area contributed by atoms with Gasteiger partial charge >= 0.3 is 11.9 Å². The van der Waals surface area contributed by atoms with Crippen LogP contribution in [0.25, 0.3) is 11.1 Å². The van der Waals surface area contributed by atoms with Crippen molar-refractivity contribution in [2.75, 3.05) is 12.0 Å². The highest BCUT2D eigenvalue weighted by atomic mass is 19.2. The molecule has 7 nitrogen and oxygen atoms in total. The average molecular weight is 437 g/mol. The number of ether oxygens (including phenoxy) is 1. The second-order valence-electron chi connectivity index (χ2n) is 6.86. The molecule has 3 aromatic carbocycles. The van der Waals surface area contributed by atoms with Crippen molar-refractivity contribution in [3.63, 3.8) is 0 Å². The smallest absolute Gasteiger partial charge is 0.339 e. The predicted molar refractivity (Wildman–Crippen MR) is 108 cm³/mol. The lowest BCUT2D eigenvalue weighted by Gasteiger charge is -2.18. The van der Waals surface area contributed by atoms with E-state index in [2.05, 4.69) is 0 Å². The molecular weight excluding hydrogens is 424 g/mol. The molecule has 0 saturated carbocycles. The van der Waals surface area contributed by atoms with Gasteiger partial charge in [0.15, 0.2) is 11.6 Å². The summed E-state index contributed by atoms with van der Waals surface area (Å²) in [5.74, 6) is -5.85. The molecule has 1 heterocycles. The van der Waals surface area contributed by atoms with E-state index in [4.69, 9.17) is 4.74 Å². The Morgan fingerprint density at radius 1 is 0.844 bits per heavy atom. The van der Waals surface area contributed by atoms with Crippen molar-refractivity contribution in [1.29, 1.82) is 0 Å². The number of carboxylic acids is 1. The minimum atomic E-state index is -1.28. The molecule has 9 heteroatoms. The van der Waals surface area contributed by atoms with Crippen LogP contribution in [0.5, 0.6) is 0 Å². The van der Waals surface area contributed by atoms with Gasteiger partial charge in [0, 0.05) is 0 Å². The summed E-state index contributed by atoms with van der Waals surface area (Å²) in [4.78, 5) is 50.3. The number of aromatic carboxylic acids is 1. The summed E-state index contributed by atoms with van der Waals surface area (Å²) in [5, 5.41) is 9.18.